The Morgan fingerprint density at radius 2 is 1.70 bits per heavy atom. The maximum Gasteiger partial charge on any atom is 0.252 e. The average Bonchev–Trinajstić information content (AvgIpc) is 2.83. The molecule has 4 rings (SSSR count). The normalized spacial score (nSPS) is 28.0. The van der Waals surface area contributed by atoms with E-state index < -0.39 is 6.15 Å². The van der Waals surface area contributed by atoms with Crippen molar-refractivity contribution < 1.29 is 4.57 Å². The zero-order valence-electron chi connectivity index (χ0n) is 16.0. The van der Waals surface area contributed by atoms with Gasteiger partial charge < -0.3 is 0 Å². The number of aromatic nitrogens is 2. The van der Waals surface area contributed by atoms with E-state index in [9.17, 15) is 0 Å². The standard InChI is InChI=1S/C21H26BCl3N2/c1-26-19(24)20(25)27(2)21(26)22(13-12-15-6-3-11-18(23)14-15)16-7-4-8-17(22)10-5-9-16/h3,6,11-14,16-17H,4-5,7-10H2,1-2H3/b13-12-. The second-order valence-electron chi connectivity index (χ2n) is 8.43. The highest BCUT2D eigenvalue weighted by Crippen LogP contribution is 2.53. The third-order valence-corrected chi connectivity index (χ3v) is 8.41. The molecule has 0 amide bonds. The van der Waals surface area contributed by atoms with Crippen molar-refractivity contribution in [1.82, 2.24) is 4.57 Å². The molecule has 2 bridgehead atoms. The van der Waals surface area contributed by atoms with Crippen molar-refractivity contribution in [2.45, 2.75) is 50.2 Å². The van der Waals surface area contributed by atoms with Gasteiger partial charge in [0.15, 0.2) is 0 Å². The van der Waals surface area contributed by atoms with Gasteiger partial charge in [0.2, 0.25) is 0 Å². The zero-order valence-corrected chi connectivity index (χ0v) is 18.2. The Morgan fingerprint density at radius 1 is 1.07 bits per heavy atom. The number of benzene rings is 1. The molecule has 0 N–H and O–H groups in total. The Labute approximate surface area is 177 Å². The summed E-state index contributed by atoms with van der Waals surface area (Å²) in [5.74, 6) is 3.86. The topological polar surface area (TPSA) is 8.81 Å². The van der Waals surface area contributed by atoms with Crippen LogP contribution in [0.25, 0.3) is 6.08 Å². The number of hydrogen-bond acceptors (Lipinski definition) is 0. The minimum Gasteiger partial charge on any atom is -0.256 e. The molecular formula is C21H26BCl3N2. The molecule has 0 aliphatic carbocycles. The highest BCUT2D eigenvalue weighted by molar-refractivity contribution is 6.97. The molecule has 0 unspecified atom stereocenters. The second-order valence-corrected chi connectivity index (χ2v) is 9.58. The van der Waals surface area contributed by atoms with Crippen molar-refractivity contribution in [3.63, 3.8) is 0 Å². The predicted octanol–water partition coefficient (Wildman–Crippen LogP) is 5.83. The van der Waals surface area contributed by atoms with Crippen LogP contribution in [0.3, 0.4) is 0 Å². The first-order chi connectivity index (χ1) is 12.9. The van der Waals surface area contributed by atoms with Gasteiger partial charge in [-0.2, -0.15) is 11.6 Å². The molecule has 0 radical (unpaired) electrons. The lowest BCUT2D eigenvalue weighted by molar-refractivity contribution is -0.651. The van der Waals surface area contributed by atoms with Crippen LogP contribution in [0.4, 0.5) is 0 Å². The van der Waals surface area contributed by atoms with Gasteiger partial charge in [-0.3, -0.25) is 9.13 Å². The summed E-state index contributed by atoms with van der Waals surface area (Å²) in [6, 6.07) is 8.09. The number of nitrogens with zero attached hydrogens (tertiary/aromatic N) is 2. The van der Waals surface area contributed by atoms with Crippen LogP contribution < -0.4 is 10.3 Å². The summed E-state index contributed by atoms with van der Waals surface area (Å²) in [5.41, 5.74) is 2.44. The quantitative estimate of drug-likeness (QED) is 0.434. The summed E-state index contributed by atoms with van der Waals surface area (Å²) in [4.78, 5) is 0. The predicted molar refractivity (Wildman–Crippen MR) is 118 cm³/mol. The lowest BCUT2D eigenvalue weighted by atomic mass is 9.08. The van der Waals surface area contributed by atoms with Crippen LogP contribution >= 0.6 is 34.8 Å². The number of fused-ring (bicyclic) bond motifs is 2. The third kappa shape index (κ3) is 3.16. The molecule has 2 aliphatic heterocycles. The van der Waals surface area contributed by atoms with Crippen molar-refractivity contribution in [1.29, 1.82) is 0 Å². The summed E-state index contributed by atoms with van der Waals surface area (Å²) < 4.78 is 4.26. The fraction of sp³-hybridized carbons (Fsp3) is 0.476. The van der Waals surface area contributed by atoms with Gasteiger partial charge in [-0.1, -0.05) is 68.3 Å². The molecule has 1 aromatic carbocycles. The molecule has 1 aromatic heterocycles. The van der Waals surface area contributed by atoms with E-state index in [-0.39, 0.29) is 0 Å². The Morgan fingerprint density at radius 3 is 2.22 bits per heavy atom. The highest BCUT2D eigenvalue weighted by atomic mass is 35.5. The first-order valence-corrected chi connectivity index (χ1v) is 11.1. The lowest BCUT2D eigenvalue weighted by Crippen LogP contribution is -2.69. The van der Waals surface area contributed by atoms with Gasteiger partial charge >= 0.3 is 0 Å². The van der Waals surface area contributed by atoms with Crippen LogP contribution in [0.1, 0.15) is 44.1 Å². The molecule has 2 nitrogen and oxygen atoms in total. The van der Waals surface area contributed by atoms with Crippen molar-refractivity contribution in [2.75, 3.05) is 0 Å². The molecule has 27 heavy (non-hydrogen) atoms. The number of imidazole rings is 1. The highest BCUT2D eigenvalue weighted by Gasteiger charge is 2.50. The Balaban J connectivity index is 1.90. The number of halogens is 3. The van der Waals surface area contributed by atoms with Gasteiger partial charge in [-0.15, -0.1) is 0 Å². The zero-order chi connectivity index (χ0) is 19.2. The van der Waals surface area contributed by atoms with Gasteiger partial charge in [0.25, 0.3) is 10.3 Å². The van der Waals surface area contributed by atoms with Crippen molar-refractivity contribution >= 4 is 52.7 Å². The second kappa shape index (κ2) is 7.50. The van der Waals surface area contributed by atoms with Crippen LogP contribution in [0, 0.1) is 0 Å². The maximum atomic E-state index is 6.56. The van der Waals surface area contributed by atoms with Crippen LogP contribution in [0.2, 0.25) is 27.0 Å². The molecular weight excluding hydrogens is 397 g/mol. The Bertz CT molecular complexity index is 842. The van der Waals surface area contributed by atoms with E-state index in [1.54, 1.807) is 0 Å². The first kappa shape index (κ1) is 19.4. The van der Waals surface area contributed by atoms with Gasteiger partial charge in [-0.05, 0) is 40.9 Å². The lowest BCUT2D eigenvalue weighted by Gasteiger charge is -2.55. The van der Waals surface area contributed by atoms with Crippen LogP contribution in [0.15, 0.2) is 30.2 Å². The molecule has 144 valence electrons. The molecule has 6 heteroatoms. The summed E-state index contributed by atoms with van der Waals surface area (Å²) in [5, 5.41) is 2.04. The SMILES string of the molecule is Cn1c(Cl)c(Cl)[n+](C)c1[B-]1(/C=C\c2cccc(Cl)c2)C2CCCC1CCC2. The summed E-state index contributed by atoms with van der Waals surface area (Å²) in [6.07, 6.45) is 9.18. The van der Waals surface area contributed by atoms with Crippen LogP contribution in [-0.2, 0) is 14.1 Å². The fourth-order valence-corrected chi connectivity index (χ4v) is 6.76. The fourth-order valence-electron chi connectivity index (χ4n) is 6.14. The van der Waals surface area contributed by atoms with Gasteiger partial charge in [-0.25, -0.2) is 5.98 Å². The van der Waals surface area contributed by atoms with Crippen molar-refractivity contribution in [2.24, 2.45) is 14.1 Å². The smallest absolute Gasteiger partial charge is 0.252 e. The molecule has 2 aromatic rings. The summed E-state index contributed by atoms with van der Waals surface area (Å²) >= 11 is 19.3. The molecule has 0 atom stereocenters. The monoisotopic (exact) mass is 422 g/mol. The van der Waals surface area contributed by atoms with E-state index >= 15 is 0 Å². The maximum absolute atomic E-state index is 6.56. The summed E-state index contributed by atoms with van der Waals surface area (Å²) in [6.45, 7) is 0. The minimum atomic E-state index is -0.910. The van der Waals surface area contributed by atoms with E-state index in [1.807, 2.05) is 18.2 Å². The largest absolute Gasteiger partial charge is 0.256 e. The van der Waals surface area contributed by atoms with Gasteiger partial charge in [0, 0.05) is 5.02 Å². The van der Waals surface area contributed by atoms with Crippen molar-refractivity contribution in [3.8, 4) is 0 Å². The van der Waals surface area contributed by atoms with E-state index in [2.05, 4.69) is 41.3 Å². The molecule has 2 aliphatic rings. The molecule has 0 saturated carbocycles. The molecule has 2 saturated heterocycles. The van der Waals surface area contributed by atoms with E-state index in [0.717, 1.165) is 10.6 Å². The van der Waals surface area contributed by atoms with E-state index in [4.69, 9.17) is 34.8 Å². The Kier molecular flexibility index (Phi) is 5.39. The number of hydrogen-bond donors (Lipinski definition) is 0. The van der Waals surface area contributed by atoms with E-state index in [0.29, 0.717) is 21.9 Å². The molecule has 0 spiro atoms. The van der Waals surface area contributed by atoms with Gasteiger partial charge in [0.05, 0.1) is 19.8 Å². The third-order valence-electron chi connectivity index (χ3n) is 7.21. The van der Waals surface area contributed by atoms with Crippen LogP contribution in [0.5, 0.6) is 0 Å². The van der Waals surface area contributed by atoms with Gasteiger partial charge in [0.1, 0.15) is 6.15 Å². The molecule has 3 heterocycles. The number of rotatable bonds is 3. The first-order valence-electron chi connectivity index (χ1n) is 9.97. The van der Waals surface area contributed by atoms with E-state index in [1.165, 1.54) is 44.2 Å². The van der Waals surface area contributed by atoms with Crippen molar-refractivity contribution in [3.05, 3.63) is 51.1 Å². The van der Waals surface area contributed by atoms with Crippen LogP contribution in [-0.4, -0.2) is 10.7 Å². The minimum absolute atomic E-state index is 0.634. The Hall–Kier alpha value is -0.895. The average molecular weight is 424 g/mol. The molecule has 2 fully saturated rings. The summed E-state index contributed by atoms with van der Waals surface area (Å²) in [7, 11) is 4.12.